The average molecular weight is 846 g/mol. The van der Waals surface area contributed by atoms with E-state index < -0.39 is 91.0 Å². The van der Waals surface area contributed by atoms with Crippen LogP contribution in [0, 0.1) is 5.92 Å². The smallest absolute Gasteiger partial charge is 0.407 e. The normalized spacial score (nSPS) is 20.2. The highest BCUT2D eigenvalue weighted by molar-refractivity contribution is 5.98. The van der Waals surface area contributed by atoms with Crippen LogP contribution >= 0.6 is 0 Å². The van der Waals surface area contributed by atoms with E-state index in [2.05, 4.69) is 16.0 Å². The molecule has 17 heteroatoms. The van der Waals surface area contributed by atoms with E-state index >= 15 is 0 Å². The number of aliphatic carboxylic acids is 1. The van der Waals surface area contributed by atoms with Gasteiger partial charge in [0.2, 0.25) is 11.8 Å². The number of carbonyl (C=O) groups is 7. The fraction of sp³-hybridized carbons (Fsp3) is 0.432. The van der Waals surface area contributed by atoms with Gasteiger partial charge in [-0.25, -0.2) is 9.59 Å². The summed E-state index contributed by atoms with van der Waals surface area (Å²) in [7, 11) is 0. The second-order valence-electron chi connectivity index (χ2n) is 15.2. The third-order valence-electron chi connectivity index (χ3n) is 10.4. The topological polar surface area (TPSA) is 242 Å². The van der Waals surface area contributed by atoms with Crippen LogP contribution in [0.15, 0.2) is 66.7 Å². The third kappa shape index (κ3) is 11.3. The number of carbonyl (C=O) groups excluding carboxylic acids is 6. The summed E-state index contributed by atoms with van der Waals surface area (Å²) in [6.45, 7) is 7.78. The number of amides is 3. The van der Waals surface area contributed by atoms with Crippen molar-refractivity contribution >= 4 is 47.5 Å². The minimum absolute atomic E-state index is 0.0452. The Balaban J connectivity index is 1.22. The monoisotopic (exact) mass is 845 g/mol. The molecule has 17 nitrogen and oxygen atoms in total. The minimum Gasteiger partial charge on any atom is -0.479 e. The van der Waals surface area contributed by atoms with Crippen LogP contribution in [0.2, 0.25) is 0 Å². The Morgan fingerprint density at radius 2 is 1.30 bits per heavy atom. The van der Waals surface area contributed by atoms with Crippen molar-refractivity contribution in [3.05, 3.63) is 89.0 Å². The molecule has 0 aromatic heterocycles. The number of aliphatic hydroxyl groups is 1. The van der Waals surface area contributed by atoms with Gasteiger partial charge < -0.3 is 49.8 Å². The number of alkyl carbamates (subject to hydrolysis) is 1. The minimum atomic E-state index is -1.80. The van der Waals surface area contributed by atoms with Crippen LogP contribution in [-0.2, 0) is 65.5 Å². The Labute approximate surface area is 352 Å². The molecule has 326 valence electrons. The van der Waals surface area contributed by atoms with Crippen molar-refractivity contribution in [2.24, 2.45) is 5.92 Å². The van der Waals surface area contributed by atoms with E-state index in [1.807, 2.05) is 48.5 Å². The average Bonchev–Trinajstić information content (AvgIpc) is 3.52. The van der Waals surface area contributed by atoms with Gasteiger partial charge in [0, 0.05) is 32.4 Å². The predicted molar refractivity (Wildman–Crippen MR) is 217 cm³/mol. The highest BCUT2D eigenvalue weighted by atomic mass is 16.7. The predicted octanol–water partition coefficient (Wildman–Crippen LogP) is 3.77. The van der Waals surface area contributed by atoms with Crippen LogP contribution in [0.5, 0.6) is 0 Å². The van der Waals surface area contributed by atoms with Gasteiger partial charge >= 0.3 is 30.0 Å². The molecule has 1 aliphatic heterocycles. The lowest BCUT2D eigenvalue weighted by atomic mass is 9.90. The molecular formula is C44H51N3O14. The molecule has 0 bridgehead atoms. The summed E-state index contributed by atoms with van der Waals surface area (Å²) >= 11 is 0. The van der Waals surface area contributed by atoms with Crippen LogP contribution in [0.25, 0.3) is 11.1 Å². The third-order valence-corrected chi connectivity index (χ3v) is 10.4. The van der Waals surface area contributed by atoms with Gasteiger partial charge in [0.25, 0.3) is 0 Å². The number of anilines is 1. The van der Waals surface area contributed by atoms with E-state index in [-0.39, 0.29) is 37.0 Å². The van der Waals surface area contributed by atoms with Crippen molar-refractivity contribution in [1.29, 1.82) is 0 Å². The summed E-state index contributed by atoms with van der Waals surface area (Å²) in [6.07, 6.45) is -8.32. The molecule has 1 aliphatic carbocycles. The molecule has 0 saturated carbocycles. The number of rotatable bonds is 16. The lowest BCUT2D eigenvalue weighted by Gasteiger charge is -2.43. The van der Waals surface area contributed by atoms with Gasteiger partial charge in [-0.3, -0.25) is 24.0 Å². The lowest BCUT2D eigenvalue weighted by Crippen LogP contribution is -2.63. The zero-order chi connectivity index (χ0) is 44.5. The number of nitrogens with one attached hydrogen (secondary N) is 3. The molecule has 1 heterocycles. The number of aryl methyl sites for hydroxylation is 1. The van der Waals surface area contributed by atoms with Crippen LogP contribution in [-0.4, -0.2) is 101 Å². The molecule has 5 N–H and O–H groups in total. The van der Waals surface area contributed by atoms with Gasteiger partial charge in [-0.1, -0.05) is 68.4 Å². The van der Waals surface area contributed by atoms with Crippen LogP contribution in [0.4, 0.5) is 10.5 Å². The molecule has 1 fully saturated rings. The fourth-order valence-corrected chi connectivity index (χ4v) is 7.64. The quantitative estimate of drug-likeness (QED) is 0.102. The first-order chi connectivity index (χ1) is 29.0. The van der Waals surface area contributed by atoms with Gasteiger partial charge in [0.1, 0.15) is 18.7 Å². The molecule has 2 aliphatic rings. The summed E-state index contributed by atoms with van der Waals surface area (Å²) in [5.74, 6) is -5.83. The van der Waals surface area contributed by atoms with Crippen molar-refractivity contribution in [2.75, 3.05) is 11.9 Å². The summed E-state index contributed by atoms with van der Waals surface area (Å²) in [5.41, 5.74) is 5.45. The number of hydrogen-bond acceptors (Lipinski definition) is 13. The van der Waals surface area contributed by atoms with Crippen LogP contribution in [0.1, 0.15) is 76.1 Å². The first-order valence-electron chi connectivity index (χ1n) is 19.8. The molecule has 0 spiro atoms. The van der Waals surface area contributed by atoms with Crippen molar-refractivity contribution in [2.45, 2.75) is 110 Å². The maximum absolute atomic E-state index is 13.4. The number of esters is 3. The first-order valence-corrected chi connectivity index (χ1v) is 19.8. The highest BCUT2D eigenvalue weighted by Crippen LogP contribution is 2.44. The Morgan fingerprint density at radius 1 is 0.721 bits per heavy atom. The maximum Gasteiger partial charge on any atom is 0.407 e. The van der Waals surface area contributed by atoms with E-state index in [1.54, 1.807) is 26.0 Å². The van der Waals surface area contributed by atoms with Gasteiger partial charge in [-0.15, -0.1) is 0 Å². The molecule has 1 saturated heterocycles. The SMILES string of the molecule is CC(=O)OC1C(CCc2cc(NC(=O)[C@H](C)NC(=O)[C@@H](NC(=O)OCC3c4ccccc4-c4ccccc43)C(C)C)ccc2CO)OC(C(=O)O)C(OC(C)=O)C1OC(C)=O. The first kappa shape index (κ1) is 45.7. The Morgan fingerprint density at radius 3 is 1.85 bits per heavy atom. The molecule has 0 radical (unpaired) electrons. The second-order valence-corrected chi connectivity index (χ2v) is 15.2. The highest BCUT2D eigenvalue weighted by Gasteiger charge is 2.54. The lowest BCUT2D eigenvalue weighted by molar-refractivity contribution is -0.248. The molecule has 5 rings (SSSR count). The van der Waals surface area contributed by atoms with Crippen LogP contribution < -0.4 is 16.0 Å². The largest absolute Gasteiger partial charge is 0.479 e. The van der Waals surface area contributed by atoms with Crippen molar-refractivity contribution < 1.29 is 67.5 Å². The Hall–Kier alpha value is -6.33. The van der Waals surface area contributed by atoms with Crippen molar-refractivity contribution in [3.63, 3.8) is 0 Å². The van der Waals surface area contributed by atoms with Gasteiger partial charge in [-0.2, -0.15) is 0 Å². The second kappa shape index (κ2) is 20.3. The van der Waals surface area contributed by atoms with E-state index in [4.69, 9.17) is 23.7 Å². The van der Waals surface area contributed by atoms with E-state index in [1.165, 1.54) is 13.0 Å². The van der Waals surface area contributed by atoms with Crippen molar-refractivity contribution in [1.82, 2.24) is 10.6 Å². The number of carboxylic acids is 1. The zero-order valence-corrected chi connectivity index (χ0v) is 34.7. The fourth-order valence-electron chi connectivity index (χ4n) is 7.64. The molecule has 61 heavy (non-hydrogen) atoms. The maximum atomic E-state index is 13.4. The molecular weight excluding hydrogens is 794 g/mol. The standard InChI is InChI=1S/C44H51N3O14/c1-22(2)36(47-44(56)57-21-34-32-13-9-7-11-30(32)31-12-8-10-14-33(31)34)42(53)45-23(3)41(52)46-29-17-15-28(20-48)27(19-29)16-18-35-37(58-24(4)49)38(59-25(5)50)39(60-26(6)51)40(61-35)43(54)55/h7-15,17,19,22-23,34-40,48H,16,18,20-21H2,1-6H3,(H,45,53)(H,46,52)(H,47,56)(H,54,55)/t23-,35?,36-,37?,38?,39?,40?/m0/s1. The Bertz CT molecular complexity index is 2090. The number of aliphatic hydroxyl groups excluding tert-OH is 1. The van der Waals surface area contributed by atoms with E-state index in [0.717, 1.165) is 43.0 Å². The van der Waals surface area contributed by atoms with Gasteiger partial charge in [0.15, 0.2) is 24.4 Å². The summed E-state index contributed by atoms with van der Waals surface area (Å²) in [5, 5.41) is 28.1. The molecule has 3 aromatic rings. The Kier molecular flexibility index (Phi) is 15.2. The van der Waals surface area contributed by atoms with Gasteiger partial charge in [-0.05, 0) is 71.2 Å². The summed E-state index contributed by atoms with van der Waals surface area (Å²) in [6, 6.07) is 18.4. The zero-order valence-electron chi connectivity index (χ0n) is 34.7. The van der Waals surface area contributed by atoms with E-state index in [9.17, 15) is 43.8 Å². The molecule has 3 aromatic carbocycles. The number of carboxylic acid groups (broad SMARTS) is 1. The summed E-state index contributed by atoms with van der Waals surface area (Å²) < 4.78 is 27.5. The van der Waals surface area contributed by atoms with Gasteiger partial charge in [0.05, 0.1) is 12.7 Å². The number of benzene rings is 3. The van der Waals surface area contributed by atoms with E-state index in [0.29, 0.717) is 11.1 Å². The molecule has 5 unspecified atom stereocenters. The van der Waals surface area contributed by atoms with Crippen LogP contribution in [0.3, 0.4) is 0 Å². The summed E-state index contributed by atoms with van der Waals surface area (Å²) in [4.78, 5) is 88.3. The number of fused-ring (bicyclic) bond motifs is 3. The van der Waals surface area contributed by atoms with Crippen molar-refractivity contribution in [3.8, 4) is 11.1 Å². The molecule has 3 amide bonds. The number of hydrogen-bond donors (Lipinski definition) is 5. The number of ether oxygens (including phenoxy) is 5. The molecule has 7 atom stereocenters.